The molecule has 4 rings (SSSR count). The normalized spacial score (nSPS) is 28.6. The summed E-state index contributed by atoms with van der Waals surface area (Å²) < 4.78 is 11.2. The first-order valence-electron chi connectivity index (χ1n) is 10.8. The van der Waals surface area contributed by atoms with E-state index < -0.39 is 12.2 Å². The molecule has 0 aromatic heterocycles. The molecule has 9 nitrogen and oxygen atoms in total. The first-order chi connectivity index (χ1) is 14.7. The fraction of sp³-hybridized carbons (Fsp3) is 0.667. The number of nitrogens with one attached hydrogen (secondary N) is 1. The maximum absolute atomic E-state index is 12.4. The third-order valence-electron chi connectivity index (χ3n) is 6.25. The molecule has 1 aromatic rings. The Morgan fingerprint density at radius 2 is 1.66 bits per heavy atom. The summed E-state index contributed by atoms with van der Waals surface area (Å²) >= 11 is 0. The van der Waals surface area contributed by atoms with Gasteiger partial charge < -0.3 is 34.8 Å². The van der Waals surface area contributed by atoms with Gasteiger partial charge in [-0.15, -0.1) is 24.8 Å². The standard InChI is InChI=1S/C21H32N4O5.2ClH/c26-15-18-20(27)19(17(30-18)14-22-21(28)25-10-12-29-13-11-25)24-8-6-23(7-9-24)16-4-2-1-3-5-16;;/h1-5,17-20,26-27H,6-15H2,(H,22,28);2*1H/t17-,18+,19+,20-;;/m1../s1. The molecule has 2 amide bonds. The van der Waals surface area contributed by atoms with E-state index in [9.17, 15) is 15.0 Å². The molecule has 3 saturated heterocycles. The van der Waals surface area contributed by atoms with Crippen molar-refractivity contribution in [3.8, 4) is 0 Å². The second kappa shape index (κ2) is 12.8. The molecule has 182 valence electrons. The van der Waals surface area contributed by atoms with E-state index >= 15 is 0 Å². The molecule has 11 heteroatoms. The molecular formula is C21H34Cl2N4O5. The summed E-state index contributed by atoms with van der Waals surface area (Å²) in [5.41, 5.74) is 1.20. The van der Waals surface area contributed by atoms with Crippen LogP contribution in [0.25, 0.3) is 0 Å². The second-order valence-electron chi connectivity index (χ2n) is 8.02. The molecular weight excluding hydrogens is 459 g/mol. The van der Waals surface area contributed by atoms with Gasteiger partial charge in [-0.1, -0.05) is 18.2 Å². The Bertz CT molecular complexity index is 690. The van der Waals surface area contributed by atoms with Crippen molar-refractivity contribution in [3.63, 3.8) is 0 Å². The van der Waals surface area contributed by atoms with Gasteiger partial charge in [-0.2, -0.15) is 0 Å². The first kappa shape index (κ1) is 26.9. The van der Waals surface area contributed by atoms with E-state index in [1.165, 1.54) is 5.69 Å². The number of benzene rings is 1. The smallest absolute Gasteiger partial charge is 0.317 e. The van der Waals surface area contributed by atoms with E-state index in [1.54, 1.807) is 4.90 Å². The molecule has 3 aliphatic heterocycles. The van der Waals surface area contributed by atoms with Gasteiger partial charge in [0, 0.05) is 51.5 Å². The SMILES string of the molecule is Cl.Cl.O=C(NC[C@H]1O[C@@H](CO)[C@@H](O)[C@H]1N1CCN(c2ccccc2)CC1)N1CCOCC1. The maximum atomic E-state index is 12.4. The van der Waals surface area contributed by atoms with E-state index in [1.807, 2.05) is 18.2 Å². The number of morpholine rings is 1. The van der Waals surface area contributed by atoms with Crippen LogP contribution in [0.4, 0.5) is 10.5 Å². The summed E-state index contributed by atoms with van der Waals surface area (Å²) in [6.07, 6.45) is -1.79. The van der Waals surface area contributed by atoms with Gasteiger partial charge >= 0.3 is 6.03 Å². The molecule has 4 atom stereocenters. The number of urea groups is 1. The summed E-state index contributed by atoms with van der Waals surface area (Å²) in [6, 6.07) is 9.90. The minimum absolute atomic E-state index is 0. The lowest BCUT2D eigenvalue weighted by molar-refractivity contribution is -0.0211. The molecule has 0 aliphatic carbocycles. The molecule has 3 N–H and O–H groups in total. The van der Waals surface area contributed by atoms with Crippen molar-refractivity contribution in [1.82, 2.24) is 15.1 Å². The van der Waals surface area contributed by atoms with Crippen molar-refractivity contribution in [2.45, 2.75) is 24.4 Å². The Hall–Kier alpha value is -1.33. The Morgan fingerprint density at radius 1 is 1.00 bits per heavy atom. The highest BCUT2D eigenvalue weighted by Gasteiger charge is 2.46. The van der Waals surface area contributed by atoms with Gasteiger partial charge in [-0.05, 0) is 12.1 Å². The van der Waals surface area contributed by atoms with Crippen molar-refractivity contribution in [2.75, 3.05) is 70.5 Å². The van der Waals surface area contributed by atoms with E-state index in [0.717, 1.165) is 26.2 Å². The van der Waals surface area contributed by atoms with Crippen LogP contribution in [0.15, 0.2) is 30.3 Å². The monoisotopic (exact) mass is 492 g/mol. The molecule has 0 unspecified atom stereocenters. The topological polar surface area (TPSA) is 97.7 Å². The Morgan fingerprint density at radius 3 is 2.28 bits per heavy atom. The van der Waals surface area contributed by atoms with E-state index in [-0.39, 0.29) is 49.6 Å². The van der Waals surface area contributed by atoms with Crippen molar-refractivity contribution < 1.29 is 24.5 Å². The second-order valence-corrected chi connectivity index (χ2v) is 8.02. The fourth-order valence-electron chi connectivity index (χ4n) is 4.58. The number of hydrogen-bond donors (Lipinski definition) is 3. The first-order valence-corrected chi connectivity index (χ1v) is 10.8. The molecule has 32 heavy (non-hydrogen) atoms. The molecule has 3 fully saturated rings. The van der Waals surface area contributed by atoms with E-state index in [0.29, 0.717) is 32.8 Å². The zero-order chi connectivity index (χ0) is 20.9. The summed E-state index contributed by atoms with van der Waals surface area (Å²) in [5, 5.41) is 23.3. The zero-order valence-corrected chi connectivity index (χ0v) is 19.7. The third kappa shape index (κ3) is 6.17. The van der Waals surface area contributed by atoms with E-state index in [2.05, 4.69) is 27.2 Å². The van der Waals surface area contributed by atoms with Crippen LogP contribution >= 0.6 is 24.8 Å². The van der Waals surface area contributed by atoms with Crippen LogP contribution in [0, 0.1) is 0 Å². The van der Waals surface area contributed by atoms with Crippen molar-refractivity contribution >= 4 is 36.5 Å². The van der Waals surface area contributed by atoms with Crippen LogP contribution < -0.4 is 10.2 Å². The highest BCUT2D eigenvalue weighted by atomic mass is 35.5. The Balaban J connectivity index is 0.00000181. The van der Waals surface area contributed by atoms with Crippen LogP contribution in [-0.4, -0.2) is 116 Å². The zero-order valence-electron chi connectivity index (χ0n) is 18.0. The Kier molecular flexibility index (Phi) is 10.8. The van der Waals surface area contributed by atoms with Gasteiger partial charge in [0.05, 0.1) is 32.0 Å². The van der Waals surface area contributed by atoms with E-state index in [4.69, 9.17) is 9.47 Å². The number of carbonyl (C=O) groups excluding carboxylic acids is 1. The predicted octanol–water partition coefficient (Wildman–Crippen LogP) is 0.183. The minimum Gasteiger partial charge on any atom is -0.394 e. The molecule has 3 heterocycles. The van der Waals surface area contributed by atoms with Gasteiger partial charge in [-0.25, -0.2) is 4.79 Å². The highest BCUT2D eigenvalue weighted by Crippen LogP contribution is 2.27. The minimum atomic E-state index is -0.788. The van der Waals surface area contributed by atoms with Gasteiger partial charge in [-0.3, -0.25) is 4.90 Å². The molecule has 0 bridgehead atoms. The summed E-state index contributed by atoms with van der Waals surface area (Å²) in [5.74, 6) is 0. The average molecular weight is 493 g/mol. The molecule has 0 radical (unpaired) electrons. The number of anilines is 1. The number of piperazine rings is 1. The lowest BCUT2D eigenvalue weighted by Gasteiger charge is -2.41. The van der Waals surface area contributed by atoms with Gasteiger partial charge in [0.2, 0.25) is 0 Å². The van der Waals surface area contributed by atoms with Gasteiger partial charge in [0.25, 0.3) is 0 Å². The van der Waals surface area contributed by atoms with Crippen LogP contribution in [0.3, 0.4) is 0 Å². The highest BCUT2D eigenvalue weighted by molar-refractivity contribution is 5.85. The largest absolute Gasteiger partial charge is 0.394 e. The number of nitrogens with zero attached hydrogens (tertiary/aromatic N) is 3. The number of amides is 2. The number of halogens is 2. The van der Waals surface area contributed by atoms with Crippen molar-refractivity contribution in [2.24, 2.45) is 0 Å². The summed E-state index contributed by atoms with van der Waals surface area (Å²) in [7, 11) is 0. The molecule has 0 spiro atoms. The lowest BCUT2D eigenvalue weighted by atomic mass is 10.0. The van der Waals surface area contributed by atoms with Crippen molar-refractivity contribution in [1.29, 1.82) is 0 Å². The summed E-state index contributed by atoms with van der Waals surface area (Å²) in [4.78, 5) is 18.7. The number of aliphatic hydroxyl groups is 2. The molecule has 0 saturated carbocycles. The Labute approximate surface area is 201 Å². The number of para-hydroxylation sites is 1. The fourth-order valence-corrected chi connectivity index (χ4v) is 4.58. The number of ether oxygens (including phenoxy) is 2. The van der Waals surface area contributed by atoms with Crippen molar-refractivity contribution in [3.05, 3.63) is 30.3 Å². The third-order valence-corrected chi connectivity index (χ3v) is 6.25. The quantitative estimate of drug-likeness (QED) is 0.539. The van der Waals surface area contributed by atoms with Gasteiger partial charge in [0.1, 0.15) is 12.2 Å². The number of carbonyl (C=O) groups is 1. The number of aliphatic hydroxyl groups excluding tert-OH is 2. The predicted molar refractivity (Wildman–Crippen MR) is 126 cm³/mol. The summed E-state index contributed by atoms with van der Waals surface area (Å²) in [6.45, 7) is 5.57. The lowest BCUT2D eigenvalue weighted by Crippen LogP contribution is -2.58. The van der Waals surface area contributed by atoms with Crippen LogP contribution in [0.5, 0.6) is 0 Å². The van der Waals surface area contributed by atoms with Crippen LogP contribution in [0.2, 0.25) is 0 Å². The number of rotatable bonds is 5. The van der Waals surface area contributed by atoms with Crippen LogP contribution in [-0.2, 0) is 9.47 Å². The maximum Gasteiger partial charge on any atom is 0.317 e. The molecule has 3 aliphatic rings. The van der Waals surface area contributed by atoms with Gasteiger partial charge in [0.15, 0.2) is 0 Å². The average Bonchev–Trinajstić information content (AvgIpc) is 3.14. The molecule has 1 aromatic carbocycles. The van der Waals surface area contributed by atoms with Crippen LogP contribution in [0.1, 0.15) is 0 Å². The number of hydrogen-bond acceptors (Lipinski definition) is 7.